The van der Waals surface area contributed by atoms with Gasteiger partial charge < -0.3 is 10.0 Å². The van der Waals surface area contributed by atoms with Gasteiger partial charge in [0.05, 0.1) is 11.8 Å². The van der Waals surface area contributed by atoms with E-state index < -0.39 is 11.4 Å². The smallest absolute Gasteiger partial charge is 0.304 e. The average molecular weight is 281 g/mol. The molecule has 2 fully saturated rings. The van der Waals surface area contributed by atoms with Crippen molar-refractivity contribution < 1.29 is 14.7 Å². The molecule has 1 N–H and O–H groups in total. The van der Waals surface area contributed by atoms with E-state index >= 15 is 0 Å². The van der Waals surface area contributed by atoms with Gasteiger partial charge >= 0.3 is 5.97 Å². The number of nitrogens with zero attached hydrogens (tertiary/aromatic N) is 1. The molecule has 0 aromatic heterocycles. The van der Waals surface area contributed by atoms with Gasteiger partial charge in [-0.3, -0.25) is 9.59 Å². The molecule has 1 amide bonds. The first-order chi connectivity index (χ1) is 9.33. The third kappa shape index (κ3) is 2.99. The van der Waals surface area contributed by atoms with Crippen molar-refractivity contribution in [1.29, 1.82) is 0 Å². The highest BCUT2D eigenvalue weighted by Gasteiger charge is 2.46. The summed E-state index contributed by atoms with van der Waals surface area (Å²) in [6.45, 7) is 6.76. The molecule has 0 aromatic rings. The van der Waals surface area contributed by atoms with Crippen molar-refractivity contribution in [2.24, 2.45) is 17.3 Å². The monoisotopic (exact) mass is 281 g/mol. The number of carboxylic acids is 1. The van der Waals surface area contributed by atoms with Crippen LogP contribution in [0.5, 0.6) is 0 Å². The standard InChI is InChI=1S/C16H27NO3/c1-11(2)9-16(3,10-14(18)19)15(20)17-8-7-12-5-4-6-13(12)17/h11-13H,4-10H2,1-3H3,(H,18,19). The van der Waals surface area contributed by atoms with Gasteiger partial charge in [0.15, 0.2) is 0 Å². The summed E-state index contributed by atoms with van der Waals surface area (Å²) in [6.07, 6.45) is 5.22. The summed E-state index contributed by atoms with van der Waals surface area (Å²) in [7, 11) is 0. The summed E-state index contributed by atoms with van der Waals surface area (Å²) in [5.41, 5.74) is -0.752. The van der Waals surface area contributed by atoms with Crippen molar-refractivity contribution in [2.75, 3.05) is 6.54 Å². The first-order valence-corrected chi connectivity index (χ1v) is 7.86. The Morgan fingerprint density at radius 2 is 2.00 bits per heavy atom. The molecular formula is C16H27NO3. The first-order valence-electron chi connectivity index (χ1n) is 7.86. The maximum Gasteiger partial charge on any atom is 0.304 e. The van der Waals surface area contributed by atoms with Gasteiger partial charge in [-0.15, -0.1) is 0 Å². The lowest BCUT2D eigenvalue weighted by atomic mass is 9.77. The Morgan fingerprint density at radius 1 is 1.30 bits per heavy atom. The Hall–Kier alpha value is -1.06. The molecule has 1 saturated carbocycles. The lowest BCUT2D eigenvalue weighted by Gasteiger charge is -2.35. The second-order valence-electron chi connectivity index (χ2n) is 7.27. The van der Waals surface area contributed by atoms with E-state index in [-0.39, 0.29) is 12.3 Å². The number of amides is 1. The molecule has 0 aromatic carbocycles. The number of hydrogen-bond donors (Lipinski definition) is 1. The van der Waals surface area contributed by atoms with E-state index in [0.717, 1.165) is 19.4 Å². The van der Waals surface area contributed by atoms with Crippen LogP contribution >= 0.6 is 0 Å². The van der Waals surface area contributed by atoms with Gasteiger partial charge in [-0.25, -0.2) is 0 Å². The van der Waals surface area contributed by atoms with Crippen LogP contribution in [0.2, 0.25) is 0 Å². The van der Waals surface area contributed by atoms with Crippen LogP contribution in [0.4, 0.5) is 0 Å². The summed E-state index contributed by atoms with van der Waals surface area (Å²) in [5, 5.41) is 9.17. The molecule has 2 rings (SSSR count). The summed E-state index contributed by atoms with van der Waals surface area (Å²) >= 11 is 0. The first kappa shape index (κ1) is 15.3. The van der Waals surface area contributed by atoms with E-state index in [0.29, 0.717) is 24.3 Å². The van der Waals surface area contributed by atoms with Crippen LogP contribution < -0.4 is 0 Å². The van der Waals surface area contributed by atoms with Crippen molar-refractivity contribution in [3.05, 3.63) is 0 Å². The van der Waals surface area contributed by atoms with Crippen LogP contribution in [-0.2, 0) is 9.59 Å². The third-order valence-electron chi connectivity index (χ3n) is 4.94. The second kappa shape index (κ2) is 5.74. The van der Waals surface area contributed by atoms with Gasteiger partial charge in [0, 0.05) is 12.6 Å². The zero-order valence-corrected chi connectivity index (χ0v) is 12.9. The Kier molecular flexibility index (Phi) is 4.40. The highest BCUT2D eigenvalue weighted by Crippen LogP contribution is 2.41. The number of rotatable bonds is 5. The fraction of sp³-hybridized carbons (Fsp3) is 0.875. The van der Waals surface area contributed by atoms with Gasteiger partial charge in [-0.05, 0) is 37.5 Å². The molecule has 2 aliphatic rings. The van der Waals surface area contributed by atoms with Crippen molar-refractivity contribution >= 4 is 11.9 Å². The molecule has 114 valence electrons. The molecule has 1 saturated heterocycles. The number of aliphatic carboxylic acids is 1. The molecule has 0 bridgehead atoms. The Morgan fingerprint density at radius 3 is 2.60 bits per heavy atom. The minimum atomic E-state index is -0.872. The molecule has 1 aliphatic heterocycles. The molecule has 0 spiro atoms. The van der Waals surface area contributed by atoms with E-state index in [1.54, 1.807) is 0 Å². The fourth-order valence-corrected chi connectivity index (χ4v) is 4.30. The minimum absolute atomic E-state index is 0.0576. The van der Waals surface area contributed by atoms with E-state index in [9.17, 15) is 14.7 Å². The molecule has 4 nitrogen and oxygen atoms in total. The van der Waals surface area contributed by atoms with Crippen molar-refractivity contribution in [2.45, 2.75) is 65.3 Å². The predicted octanol–water partition coefficient (Wildman–Crippen LogP) is 2.91. The topological polar surface area (TPSA) is 57.6 Å². The van der Waals surface area contributed by atoms with E-state index in [4.69, 9.17) is 0 Å². The van der Waals surface area contributed by atoms with E-state index in [1.807, 2.05) is 11.8 Å². The number of likely N-dealkylation sites (tertiary alicyclic amines) is 1. The summed E-state index contributed by atoms with van der Waals surface area (Å²) in [5.74, 6) is 0.184. The maximum absolute atomic E-state index is 12.9. The Bertz CT molecular complexity index is 393. The molecule has 4 heteroatoms. The zero-order chi connectivity index (χ0) is 14.9. The molecule has 1 aliphatic carbocycles. The molecule has 0 radical (unpaired) electrons. The van der Waals surface area contributed by atoms with Crippen molar-refractivity contribution in [3.8, 4) is 0 Å². The number of carbonyl (C=O) groups is 2. The van der Waals surface area contributed by atoms with Gasteiger partial charge in [-0.2, -0.15) is 0 Å². The van der Waals surface area contributed by atoms with Crippen LogP contribution in [-0.4, -0.2) is 34.5 Å². The summed E-state index contributed by atoms with van der Waals surface area (Å²) in [6, 6.07) is 0.378. The van der Waals surface area contributed by atoms with Crippen molar-refractivity contribution in [3.63, 3.8) is 0 Å². The third-order valence-corrected chi connectivity index (χ3v) is 4.94. The Balaban J connectivity index is 2.15. The largest absolute Gasteiger partial charge is 0.481 e. The predicted molar refractivity (Wildman–Crippen MR) is 77.3 cm³/mol. The number of fused-ring (bicyclic) bond motifs is 1. The number of carbonyl (C=O) groups excluding carboxylic acids is 1. The Labute approximate surface area is 121 Å². The van der Waals surface area contributed by atoms with Crippen LogP contribution in [0, 0.1) is 17.3 Å². The van der Waals surface area contributed by atoms with Gasteiger partial charge in [0.2, 0.25) is 5.91 Å². The summed E-state index contributed by atoms with van der Waals surface area (Å²) in [4.78, 5) is 26.1. The average Bonchev–Trinajstić information content (AvgIpc) is 2.86. The number of carboxylic acid groups (broad SMARTS) is 1. The van der Waals surface area contributed by atoms with E-state index in [1.165, 1.54) is 12.8 Å². The quantitative estimate of drug-likeness (QED) is 0.843. The maximum atomic E-state index is 12.9. The van der Waals surface area contributed by atoms with Gasteiger partial charge in [0.1, 0.15) is 0 Å². The van der Waals surface area contributed by atoms with Crippen LogP contribution in [0.15, 0.2) is 0 Å². The van der Waals surface area contributed by atoms with Crippen LogP contribution in [0.3, 0.4) is 0 Å². The second-order valence-corrected chi connectivity index (χ2v) is 7.27. The van der Waals surface area contributed by atoms with E-state index in [2.05, 4.69) is 13.8 Å². The SMILES string of the molecule is CC(C)CC(C)(CC(=O)O)C(=O)N1CCC2CCCC21. The van der Waals surface area contributed by atoms with Crippen molar-refractivity contribution in [1.82, 2.24) is 4.90 Å². The molecule has 1 heterocycles. The normalized spacial score (nSPS) is 28.5. The molecule has 3 atom stereocenters. The summed E-state index contributed by atoms with van der Waals surface area (Å²) < 4.78 is 0. The zero-order valence-electron chi connectivity index (χ0n) is 12.9. The van der Waals surface area contributed by atoms with Gasteiger partial charge in [-0.1, -0.05) is 27.2 Å². The van der Waals surface area contributed by atoms with Crippen LogP contribution in [0.1, 0.15) is 59.3 Å². The fourth-order valence-electron chi connectivity index (χ4n) is 4.30. The number of hydrogen-bond acceptors (Lipinski definition) is 2. The molecule has 20 heavy (non-hydrogen) atoms. The highest BCUT2D eigenvalue weighted by molar-refractivity contribution is 5.87. The van der Waals surface area contributed by atoms with Gasteiger partial charge in [0.25, 0.3) is 0 Å². The lowest BCUT2D eigenvalue weighted by Crippen LogP contribution is -2.46. The van der Waals surface area contributed by atoms with Crippen LogP contribution in [0.25, 0.3) is 0 Å². The highest BCUT2D eigenvalue weighted by atomic mass is 16.4. The molecule has 3 unspecified atom stereocenters. The molecular weight excluding hydrogens is 254 g/mol. The minimum Gasteiger partial charge on any atom is -0.481 e. The lowest BCUT2D eigenvalue weighted by molar-refractivity contribution is -0.151.